The Kier molecular flexibility index (Phi) is 7.39. The lowest BCUT2D eigenvalue weighted by Gasteiger charge is -2.24. The number of aromatic nitrogens is 1. The summed E-state index contributed by atoms with van der Waals surface area (Å²) in [5, 5.41) is 0. The van der Waals surface area contributed by atoms with Gasteiger partial charge in [0.25, 0.3) is 5.56 Å². The molecule has 33 heavy (non-hydrogen) atoms. The maximum atomic E-state index is 13.6. The van der Waals surface area contributed by atoms with E-state index in [1.54, 1.807) is 25.5 Å². The molecule has 0 bridgehead atoms. The number of halogens is 2. The van der Waals surface area contributed by atoms with E-state index in [-0.39, 0.29) is 12.2 Å². The van der Waals surface area contributed by atoms with Crippen LogP contribution >= 0.6 is 56.5 Å². The number of methoxy groups -OCH3 is 1. The Morgan fingerprint density at radius 2 is 1.88 bits per heavy atom. The Bertz CT molecular complexity index is 1420. The third-order valence-corrected chi connectivity index (χ3v) is 7.74. The number of allylic oxidation sites excluding steroid dienone is 1. The van der Waals surface area contributed by atoms with Crippen molar-refractivity contribution >= 4 is 68.6 Å². The van der Waals surface area contributed by atoms with E-state index in [0.29, 0.717) is 20.6 Å². The molecule has 1 aromatic heterocycles. The average Bonchev–Trinajstić information content (AvgIpc) is 3.08. The maximum absolute atomic E-state index is 13.6. The van der Waals surface area contributed by atoms with Crippen LogP contribution < -0.4 is 19.6 Å². The van der Waals surface area contributed by atoms with E-state index >= 15 is 0 Å². The standard InChI is InChI=1S/C24H20I2N2O4S/c1-4-32-23(30)19-13(2)27-24-28(20(19)15-8-6-5-7-9-15)22(29)18(33-24)12-14-10-16(25)21(31-3)17(26)11-14/h5-12,20H,4H2,1-3H3/b18-12-/t20-/m1/s1. The lowest BCUT2D eigenvalue weighted by Crippen LogP contribution is -2.39. The van der Waals surface area contributed by atoms with Gasteiger partial charge >= 0.3 is 5.97 Å². The first-order valence-corrected chi connectivity index (χ1v) is 13.1. The van der Waals surface area contributed by atoms with Gasteiger partial charge in [0.2, 0.25) is 0 Å². The quantitative estimate of drug-likeness (QED) is 0.301. The monoisotopic (exact) mass is 686 g/mol. The molecule has 3 aromatic rings. The van der Waals surface area contributed by atoms with Gasteiger partial charge in [-0.3, -0.25) is 9.36 Å². The summed E-state index contributed by atoms with van der Waals surface area (Å²) in [5.41, 5.74) is 2.48. The highest BCUT2D eigenvalue weighted by molar-refractivity contribution is 14.1. The van der Waals surface area contributed by atoms with Crippen molar-refractivity contribution in [3.63, 3.8) is 0 Å². The van der Waals surface area contributed by atoms with Crippen molar-refractivity contribution in [2.45, 2.75) is 19.9 Å². The summed E-state index contributed by atoms with van der Waals surface area (Å²) in [7, 11) is 1.64. The zero-order valence-electron chi connectivity index (χ0n) is 18.1. The number of benzene rings is 2. The molecule has 0 N–H and O–H groups in total. The van der Waals surface area contributed by atoms with Gasteiger partial charge in [-0.25, -0.2) is 9.79 Å². The van der Waals surface area contributed by atoms with E-state index in [2.05, 4.69) is 50.2 Å². The molecule has 6 nitrogen and oxygen atoms in total. The van der Waals surface area contributed by atoms with Crippen LogP contribution in [0, 0.1) is 7.14 Å². The minimum atomic E-state index is -0.597. The summed E-state index contributed by atoms with van der Waals surface area (Å²) in [6, 6.07) is 12.9. The third kappa shape index (κ3) is 4.67. The van der Waals surface area contributed by atoms with Gasteiger partial charge in [0.15, 0.2) is 4.80 Å². The number of esters is 1. The average molecular weight is 686 g/mol. The molecule has 0 radical (unpaired) electrons. The SMILES string of the molecule is CCOC(=O)C1=C(C)N=c2s/c(=C\c3cc(I)c(OC)c(I)c3)c(=O)n2[C@@H]1c1ccccc1. The topological polar surface area (TPSA) is 69.9 Å². The predicted octanol–water partition coefficient (Wildman–Crippen LogP) is 4.02. The number of hydrogen-bond donors (Lipinski definition) is 0. The molecule has 0 fully saturated rings. The van der Waals surface area contributed by atoms with Crippen LogP contribution in [0.25, 0.3) is 6.08 Å². The van der Waals surface area contributed by atoms with Gasteiger partial charge in [0.05, 0.1) is 42.7 Å². The van der Waals surface area contributed by atoms with Crippen molar-refractivity contribution in [3.05, 3.63) is 91.7 Å². The van der Waals surface area contributed by atoms with Crippen LogP contribution in [0.3, 0.4) is 0 Å². The van der Waals surface area contributed by atoms with Gasteiger partial charge in [0, 0.05) is 0 Å². The normalized spacial score (nSPS) is 15.8. The fourth-order valence-electron chi connectivity index (χ4n) is 3.75. The molecule has 170 valence electrons. The Labute approximate surface area is 221 Å². The number of carbonyl (C=O) groups is 1. The number of hydrogen-bond acceptors (Lipinski definition) is 6. The Hall–Kier alpha value is -1.99. The molecular formula is C24H20I2N2O4S. The molecule has 0 amide bonds. The highest BCUT2D eigenvalue weighted by Crippen LogP contribution is 2.31. The van der Waals surface area contributed by atoms with Gasteiger partial charge in [0.1, 0.15) is 5.75 Å². The molecule has 1 aliphatic rings. The van der Waals surface area contributed by atoms with Crippen molar-refractivity contribution in [1.82, 2.24) is 4.57 Å². The second-order valence-electron chi connectivity index (χ2n) is 7.23. The van der Waals surface area contributed by atoms with E-state index in [4.69, 9.17) is 9.47 Å². The number of carbonyl (C=O) groups excluding carboxylic acids is 1. The maximum Gasteiger partial charge on any atom is 0.338 e. The van der Waals surface area contributed by atoms with Crippen molar-refractivity contribution < 1.29 is 14.3 Å². The van der Waals surface area contributed by atoms with Gasteiger partial charge in [-0.2, -0.15) is 0 Å². The van der Waals surface area contributed by atoms with Crippen molar-refractivity contribution in [2.75, 3.05) is 13.7 Å². The van der Waals surface area contributed by atoms with Crippen molar-refractivity contribution in [3.8, 4) is 5.75 Å². The van der Waals surface area contributed by atoms with E-state index in [9.17, 15) is 9.59 Å². The summed E-state index contributed by atoms with van der Waals surface area (Å²) in [4.78, 5) is 31.6. The second kappa shape index (κ2) is 10.1. The van der Waals surface area contributed by atoms with E-state index < -0.39 is 12.0 Å². The molecule has 0 spiro atoms. The number of rotatable bonds is 5. The Balaban J connectivity index is 1.94. The minimum Gasteiger partial charge on any atom is -0.495 e. The van der Waals surface area contributed by atoms with Gasteiger partial charge in [-0.1, -0.05) is 41.7 Å². The van der Waals surface area contributed by atoms with E-state index in [1.165, 1.54) is 11.3 Å². The van der Waals surface area contributed by atoms with Crippen LogP contribution in [-0.2, 0) is 9.53 Å². The first kappa shape index (κ1) is 24.1. The predicted molar refractivity (Wildman–Crippen MR) is 145 cm³/mol. The lowest BCUT2D eigenvalue weighted by atomic mass is 9.96. The van der Waals surface area contributed by atoms with Gasteiger partial charge in [-0.15, -0.1) is 0 Å². The highest BCUT2D eigenvalue weighted by atomic mass is 127. The molecule has 1 aliphatic heterocycles. The zero-order valence-corrected chi connectivity index (χ0v) is 23.2. The van der Waals surface area contributed by atoms with Crippen LogP contribution in [-0.4, -0.2) is 24.3 Å². The first-order valence-electron chi connectivity index (χ1n) is 10.1. The highest BCUT2D eigenvalue weighted by Gasteiger charge is 2.33. The molecule has 0 unspecified atom stereocenters. The Morgan fingerprint density at radius 3 is 2.48 bits per heavy atom. The zero-order chi connectivity index (χ0) is 23.7. The molecule has 2 aromatic carbocycles. The summed E-state index contributed by atoms with van der Waals surface area (Å²) in [6.45, 7) is 3.79. The largest absolute Gasteiger partial charge is 0.495 e. The molecule has 0 saturated carbocycles. The van der Waals surface area contributed by atoms with Crippen LogP contribution in [0.4, 0.5) is 0 Å². The fourth-order valence-corrected chi connectivity index (χ4v) is 7.05. The van der Waals surface area contributed by atoms with Gasteiger partial charge < -0.3 is 9.47 Å². The number of fused-ring (bicyclic) bond motifs is 1. The smallest absolute Gasteiger partial charge is 0.338 e. The molecule has 0 aliphatic carbocycles. The van der Waals surface area contributed by atoms with Crippen molar-refractivity contribution in [2.24, 2.45) is 4.99 Å². The molecule has 0 saturated heterocycles. The van der Waals surface area contributed by atoms with Crippen LogP contribution in [0.15, 0.2) is 63.5 Å². The summed E-state index contributed by atoms with van der Waals surface area (Å²) in [6.07, 6.45) is 1.86. The summed E-state index contributed by atoms with van der Waals surface area (Å²) >= 11 is 5.76. The number of ether oxygens (including phenoxy) is 2. The molecule has 2 heterocycles. The lowest BCUT2D eigenvalue weighted by molar-refractivity contribution is -0.139. The summed E-state index contributed by atoms with van der Waals surface area (Å²) in [5.74, 6) is 0.356. The van der Waals surface area contributed by atoms with E-state index in [1.807, 2.05) is 48.5 Å². The van der Waals surface area contributed by atoms with Gasteiger partial charge in [-0.05, 0) is 88.4 Å². The summed E-state index contributed by atoms with van der Waals surface area (Å²) < 4.78 is 14.8. The minimum absolute atomic E-state index is 0.192. The first-order chi connectivity index (χ1) is 15.8. The third-order valence-electron chi connectivity index (χ3n) is 5.15. The van der Waals surface area contributed by atoms with Crippen LogP contribution in [0.5, 0.6) is 5.75 Å². The second-order valence-corrected chi connectivity index (χ2v) is 10.6. The molecule has 1 atom stereocenters. The van der Waals surface area contributed by atoms with Crippen molar-refractivity contribution in [1.29, 1.82) is 0 Å². The molecular weight excluding hydrogens is 666 g/mol. The number of nitrogens with zero attached hydrogens (tertiary/aromatic N) is 2. The molecule has 4 rings (SSSR count). The molecule has 9 heteroatoms. The van der Waals surface area contributed by atoms with Crippen LogP contribution in [0.1, 0.15) is 31.0 Å². The fraction of sp³-hybridized carbons (Fsp3) is 0.208. The number of thiazole rings is 1. The van der Waals surface area contributed by atoms with Crippen LogP contribution in [0.2, 0.25) is 0 Å². The Morgan fingerprint density at radius 1 is 1.21 bits per heavy atom. The van der Waals surface area contributed by atoms with E-state index in [0.717, 1.165) is 24.0 Å².